The van der Waals surface area contributed by atoms with Crippen molar-refractivity contribution >= 4 is 11.9 Å². The van der Waals surface area contributed by atoms with E-state index >= 15 is 0 Å². The molecule has 130 valence electrons. The van der Waals surface area contributed by atoms with Crippen LogP contribution in [0.25, 0.3) is 6.08 Å². The third kappa shape index (κ3) is 3.21. The highest BCUT2D eigenvalue weighted by molar-refractivity contribution is 6.16. The van der Waals surface area contributed by atoms with Crippen LogP contribution in [0.4, 0.5) is 0 Å². The first-order valence-corrected chi connectivity index (χ1v) is 9.37. The van der Waals surface area contributed by atoms with Crippen LogP contribution in [0.15, 0.2) is 54.1 Å². The lowest BCUT2D eigenvalue weighted by Gasteiger charge is -2.27. The highest BCUT2D eigenvalue weighted by Crippen LogP contribution is 2.38. The Morgan fingerprint density at radius 3 is 2.54 bits per heavy atom. The molecule has 3 heteroatoms. The van der Waals surface area contributed by atoms with Crippen LogP contribution in [-0.4, -0.2) is 11.8 Å². The molecule has 0 radical (unpaired) electrons. The molecule has 2 aromatic rings. The zero-order valence-corrected chi connectivity index (χ0v) is 14.7. The van der Waals surface area contributed by atoms with Gasteiger partial charge < -0.3 is 5.32 Å². The van der Waals surface area contributed by atoms with Gasteiger partial charge in [-0.2, -0.15) is 5.26 Å². The number of hydrogen-bond acceptors (Lipinski definition) is 3. The average Bonchev–Trinajstić information content (AvgIpc) is 2.95. The maximum Gasteiger partial charge on any atom is 0.191 e. The fourth-order valence-corrected chi connectivity index (χ4v) is 4.09. The van der Waals surface area contributed by atoms with E-state index in [0.717, 1.165) is 35.1 Å². The molecule has 0 aliphatic heterocycles. The molecule has 2 aliphatic carbocycles. The molecule has 4 rings (SSSR count). The van der Waals surface area contributed by atoms with Crippen LogP contribution in [0.1, 0.15) is 65.2 Å². The number of nitrogens with zero attached hydrogens (tertiary/aromatic N) is 1. The number of hydrogen-bond donors (Lipinski definition) is 1. The Morgan fingerprint density at radius 1 is 1.04 bits per heavy atom. The van der Waals surface area contributed by atoms with Gasteiger partial charge in [-0.1, -0.05) is 49.6 Å². The highest BCUT2D eigenvalue weighted by Gasteiger charge is 2.36. The normalized spacial score (nSPS) is 21.6. The quantitative estimate of drug-likeness (QED) is 0.815. The van der Waals surface area contributed by atoms with Crippen LogP contribution in [0.5, 0.6) is 0 Å². The first-order chi connectivity index (χ1) is 12.8. The molecule has 0 amide bonds. The fraction of sp³-hybridized carbons (Fsp3) is 0.304. The summed E-state index contributed by atoms with van der Waals surface area (Å²) in [6.07, 6.45) is 8.06. The number of fused-ring (bicyclic) bond motifs is 1. The Morgan fingerprint density at radius 2 is 1.81 bits per heavy atom. The number of ketones is 1. The number of Topliss-reactive ketones (excluding diaryl/α,β-unsaturated/α-hetero) is 1. The van der Waals surface area contributed by atoms with E-state index < -0.39 is 0 Å². The van der Waals surface area contributed by atoms with Gasteiger partial charge >= 0.3 is 0 Å². The molecule has 1 unspecified atom stereocenters. The molecule has 2 aliphatic rings. The van der Waals surface area contributed by atoms with E-state index in [0.29, 0.717) is 11.6 Å². The van der Waals surface area contributed by atoms with Gasteiger partial charge in [0.15, 0.2) is 5.78 Å². The molecule has 1 fully saturated rings. The molecule has 1 N–H and O–H groups in total. The van der Waals surface area contributed by atoms with Gasteiger partial charge in [0.25, 0.3) is 0 Å². The first-order valence-electron chi connectivity index (χ1n) is 9.37. The molecule has 2 aromatic carbocycles. The number of nitrogens with one attached hydrogen (secondary N) is 1. The predicted octanol–water partition coefficient (Wildman–Crippen LogP) is 4.80. The zero-order chi connectivity index (χ0) is 17.9. The van der Waals surface area contributed by atoms with Gasteiger partial charge in [-0.25, -0.2) is 0 Å². The molecule has 1 saturated carbocycles. The van der Waals surface area contributed by atoms with Crippen LogP contribution in [0, 0.1) is 11.3 Å². The van der Waals surface area contributed by atoms with E-state index in [1.54, 1.807) is 12.1 Å². The number of nitriles is 1. The van der Waals surface area contributed by atoms with E-state index in [-0.39, 0.29) is 11.8 Å². The molecular formula is C23H22N2O. The zero-order valence-electron chi connectivity index (χ0n) is 14.7. The molecule has 0 heterocycles. The molecule has 0 saturated heterocycles. The van der Waals surface area contributed by atoms with Gasteiger partial charge in [-0.15, -0.1) is 0 Å². The molecule has 1 atom stereocenters. The average molecular weight is 342 g/mol. The Bertz CT molecular complexity index is 886. The molecule has 0 aromatic heterocycles. The Hall–Kier alpha value is -2.70. The van der Waals surface area contributed by atoms with Crippen LogP contribution >= 0.6 is 0 Å². The van der Waals surface area contributed by atoms with Crippen molar-refractivity contribution in [2.24, 2.45) is 0 Å². The molecular weight excluding hydrogens is 320 g/mol. The Balaban J connectivity index is 1.75. The van der Waals surface area contributed by atoms with Crippen molar-refractivity contribution in [3.63, 3.8) is 0 Å². The van der Waals surface area contributed by atoms with E-state index in [4.69, 9.17) is 0 Å². The summed E-state index contributed by atoms with van der Waals surface area (Å²) in [6.45, 7) is 0. The summed E-state index contributed by atoms with van der Waals surface area (Å²) in [5.41, 5.74) is 4.08. The third-order valence-corrected chi connectivity index (χ3v) is 5.44. The molecule has 3 nitrogen and oxygen atoms in total. The van der Waals surface area contributed by atoms with Crippen LogP contribution in [-0.2, 0) is 0 Å². The summed E-state index contributed by atoms with van der Waals surface area (Å²) in [5.74, 6) is 0.0710. The lowest BCUT2D eigenvalue weighted by atomic mass is 9.93. The van der Waals surface area contributed by atoms with Crippen LogP contribution in [0.3, 0.4) is 0 Å². The standard InChI is InChI=1S/C23H22N2O/c24-15-17-11-12-19-20(14-17)22(25-18-9-5-2-6-10-18)21(23(19)26)13-16-7-3-1-4-8-16/h1,3-4,7-8,11-14,18,22,25H,2,5-6,9-10H2. The summed E-state index contributed by atoms with van der Waals surface area (Å²) in [5, 5.41) is 13.0. The maximum absolute atomic E-state index is 13.1. The van der Waals surface area contributed by atoms with Crippen LogP contribution < -0.4 is 5.32 Å². The second-order valence-electron chi connectivity index (χ2n) is 7.19. The van der Waals surface area contributed by atoms with Crippen molar-refractivity contribution in [3.05, 3.63) is 76.4 Å². The lowest BCUT2D eigenvalue weighted by Crippen LogP contribution is -2.34. The molecule has 26 heavy (non-hydrogen) atoms. The highest BCUT2D eigenvalue weighted by atomic mass is 16.1. The number of benzene rings is 2. The monoisotopic (exact) mass is 342 g/mol. The van der Waals surface area contributed by atoms with E-state index in [1.807, 2.05) is 42.5 Å². The second-order valence-corrected chi connectivity index (χ2v) is 7.19. The third-order valence-electron chi connectivity index (χ3n) is 5.44. The lowest BCUT2D eigenvalue weighted by molar-refractivity contribution is 0.103. The topological polar surface area (TPSA) is 52.9 Å². The van der Waals surface area contributed by atoms with Crippen LogP contribution in [0.2, 0.25) is 0 Å². The molecule has 0 bridgehead atoms. The second kappa shape index (κ2) is 7.27. The van der Waals surface area contributed by atoms with Gasteiger partial charge in [0.1, 0.15) is 0 Å². The van der Waals surface area contributed by atoms with Crippen molar-refractivity contribution in [3.8, 4) is 6.07 Å². The number of carbonyl (C=O) groups excluding carboxylic acids is 1. The van der Waals surface area contributed by atoms with Crippen molar-refractivity contribution in [2.45, 2.75) is 44.2 Å². The van der Waals surface area contributed by atoms with E-state index in [9.17, 15) is 10.1 Å². The smallest absolute Gasteiger partial charge is 0.191 e. The largest absolute Gasteiger partial charge is 0.303 e. The van der Waals surface area contributed by atoms with Gasteiger partial charge in [0, 0.05) is 17.2 Å². The van der Waals surface area contributed by atoms with Crippen molar-refractivity contribution in [1.82, 2.24) is 5.32 Å². The maximum atomic E-state index is 13.1. The first kappa shape index (κ1) is 16.8. The summed E-state index contributed by atoms with van der Waals surface area (Å²) in [6, 6.07) is 17.9. The number of rotatable bonds is 3. The van der Waals surface area contributed by atoms with Crippen molar-refractivity contribution in [1.29, 1.82) is 5.26 Å². The summed E-state index contributed by atoms with van der Waals surface area (Å²) >= 11 is 0. The summed E-state index contributed by atoms with van der Waals surface area (Å²) in [7, 11) is 0. The minimum atomic E-state index is -0.130. The van der Waals surface area contributed by atoms with E-state index in [2.05, 4.69) is 11.4 Å². The van der Waals surface area contributed by atoms with E-state index in [1.165, 1.54) is 19.3 Å². The summed E-state index contributed by atoms with van der Waals surface area (Å²) < 4.78 is 0. The SMILES string of the molecule is N#Cc1ccc2c(c1)C(NC1CCCCC1)C(=Cc1ccccc1)C2=O. The Labute approximate surface area is 154 Å². The van der Waals surface area contributed by atoms with Crippen molar-refractivity contribution < 1.29 is 4.79 Å². The summed E-state index contributed by atoms with van der Waals surface area (Å²) in [4.78, 5) is 13.1. The minimum absolute atomic E-state index is 0.0710. The predicted molar refractivity (Wildman–Crippen MR) is 103 cm³/mol. The van der Waals surface area contributed by atoms with Gasteiger partial charge in [-0.3, -0.25) is 4.79 Å². The molecule has 0 spiro atoms. The fourth-order valence-electron chi connectivity index (χ4n) is 4.09. The number of carbonyl (C=O) groups is 1. The van der Waals surface area contributed by atoms with Gasteiger partial charge in [0.2, 0.25) is 0 Å². The van der Waals surface area contributed by atoms with Gasteiger partial charge in [0.05, 0.1) is 17.7 Å². The van der Waals surface area contributed by atoms with Gasteiger partial charge in [-0.05, 0) is 48.2 Å². The minimum Gasteiger partial charge on any atom is -0.303 e. The Kier molecular flexibility index (Phi) is 4.69. The van der Waals surface area contributed by atoms with Crippen molar-refractivity contribution in [2.75, 3.05) is 0 Å².